The van der Waals surface area contributed by atoms with E-state index in [-0.39, 0.29) is 30.3 Å². The van der Waals surface area contributed by atoms with Gasteiger partial charge >= 0.3 is 5.97 Å². The van der Waals surface area contributed by atoms with Crippen LogP contribution in [-0.2, 0) is 14.3 Å². The fourth-order valence-corrected chi connectivity index (χ4v) is 2.74. The van der Waals surface area contributed by atoms with Crippen LogP contribution in [0.4, 0.5) is 5.69 Å². The van der Waals surface area contributed by atoms with E-state index in [4.69, 9.17) is 4.74 Å². The smallest absolute Gasteiger partial charge is 0.309 e. The van der Waals surface area contributed by atoms with Gasteiger partial charge in [-0.25, -0.2) is 0 Å². The molecule has 24 heavy (non-hydrogen) atoms. The van der Waals surface area contributed by atoms with Gasteiger partial charge in [-0.1, -0.05) is 19.3 Å². The molecule has 0 spiro atoms. The van der Waals surface area contributed by atoms with Crippen LogP contribution in [0.2, 0.25) is 0 Å². The van der Waals surface area contributed by atoms with Crippen LogP contribution in [0.5, 0.6) is 0 Å². The van der Waals surface area contributed by atoms with Crippen molar-refractivity contribution >= 4 is 23.5 Å². The summed E-state index contributed by atoms with van der Waals surface area (Å²) in [5.41, 5.74) is 1.10. The Morgan fingerprint density at radius 2 is 1.71 bits per heavy atom. The van der Waals surface area contributed by atoms with Crippen LogP contribution >= 0.6 is 0 Å². The van der Waals surface area contributed by atoms with Crippen molar-refractivity contribution in [1.82, 2.24) is 4.90 Å². The summed E-state index contributed by atoms with van der Waals surface area (Å²) in [4.78, 5) is 37.0. The first-order chi connectivity index (χ1) is 11.5. The Morgan fingerprint density at radius 1 is 1.08 bits per heavy atom. The summed E-state index contributed by atoms with van der Waals surface area (Å²) in [5.74, 6) is -0.834. The number of carbonyl (C=O) groups excluding carboxylic acids is 3. The highest BCUT2D eigenvalue weighted by atomic mass is 16.5. The third kappa shape index (κ3) is 5.08. The Kier molecular flexibility index (Phi) is 6.35. The van der Waals surface area contributed by atoms with E-state index in [1.165, 1.54) is 4.90 Å². The van der Waals surface area contributed by atoms with Crippen molar-refractivity contribution in [3.63, 3.8) is 0 Å². The molecule has 0 saturated heterocycles. The minimum Gasteiger partial charge on any atom is -0.455 e. The predicted molar refractivity (Wildman–Crippen MR) is 90.6 cm³/mol. The number of ether oxygens (including phenoxy) is 1. The van der Waals surface area contributed by atoms with E-state index < -0.39 is 0 Å². The molecule has 1 fully saturated rings. The molecule has 1 N–H and O–H groups in total. The first-order valence-electron chi connectivity index (χ1n) is 8.25. The summed E-state index contributed by atoms with van der Waals surface area (Å²) in [7, 11) is 3.36. The average molecular weight is 332 g/mol. The van der Waals surface area contributed by atoms with Crippen LogP contribution in [0.3, 0.4) is 0 Å². The van der Waals surface area contributed by atoms with Crippen LogP contribution in [0.1, 0.15) is 42.5 Å². The van der Waals surface area contributed by atoms with Gasteiger partial charge in [0.2, 0.25) is 0 Å². The lowest BCUT2D eigenvalue weighted by molar-refractivity contribution is -0.152. The SMILES string of the molecule is CN(C)C(=O)c1ccc(NC(=O)COC(=O)C2CCCCC2)cc1. The average Bonchev–Trinajstić information content (AvgIpc) is 2.60. The number of carbonyl (C=O) groups is 3. The standard InChI is InChI=1S/C18H24N2O4/c1-20(2)17(22)13-8-10-15(11-9-13)19-16(21)12-24-18(23)14-6-4-3-5-7-14/h8-11,14H,3-7,12H2,1-2H3,(H,19,21). The van der Waals surface area contributed by atoms with Crippen molar-refractivity contribution < 1.29 is 19.1 Å². The second kappa shape index (κ2) is 8.47. The van der Waals surface area contributed by atoms with Gasteiger partial charge in [-0.2, -0.15) is 0 Å². The first kappa shape index (κ1) is 18.0. The Hall–Kier alpha value is -2.37. The largest absolute Gasteiger partial charge is 0.455 e. The summed E-state index contributed by atoms with van der Waals surface area (Å²) in [5, 5.41) is 2.65. The summed E-state index contributed by atoms with van der Waals surface area (Å²) >= 11 is 0. The molecule has 2 rings (SSSR count). The number of nitrogens with zero attached hydrogens (tertiary/aromatic N) is 1. The second-order valence-electron chi connectivity index (χ2n) is 6.27. The molecule has 1 aliphatic rings. The fraction of sp³-hybridized carbons (Fsp3) is 0.500. The van der Waals surface area contributed by atoms with Crippen molar-refractivity contribution in [3.05, 3.63) is 29.8 Å². The molecule has 1 aromatic rings. The number of hydrogen-bond acceptors (Lipinski definition) is 4. The minimum absolute atomic E-state index is 0.0668. The molecule has 1 saturated carbocycles. The first-order valence-corrected chi connectivity index (χ1v) is 8.25. The van der Waals surface area contributed by atoms with Gasteiger partial charge in [0.25, 0.3) is 11.8 Å². The molecule has 2 amide bonds. The van der Waals surface area contributed by atoms with Crippen LogP contribution in [-0.4, -0.2) is 43.4 Å². The lowest BCUT2D eigenvalue weighted by Crippen LogP contribution is -2.26. The van der Waals surface area contributed by atoms with Gasteiger partial charge in [0, 0.05) is 25.3 Å². The molecule has 0 heterocycles. The van der Waals surface area contributed by atoms with Gasteiger partial charge in [-0.3, -0.25) is 14.4 Å². The lowest BCUT2D eigenvalue weighted by Gasteiger charge is -2.19. The molecule has 6 nitrogen and oxygen atoms in total. The highest BCUT2D eigenvalue weighted by Gasteiger charge is 2.23. The highest BCUT2D eigenvalue weighted by molar-refractivity contribution is 5.96. The number of amides is 2. The van der Waals surface area contributed by atoms with Gasteiger partial charge < -0.3 is 15.0 Å². The van der Waals surface area contributed by atoms with Crippen LogP contribution in [0.15, 0.2) is 24.3 Å². The van der Waals surface area contributed by atoms with E-state index in [2.05, 4.69) is 5.32 Å². The van der Waals surface area contributed by atoms with E-state index >= 15 is 0 Å². The van der Waals surface area contributed by atoms with Crippen molar-refractivity contribution in [2.45, 2.75) is 32.1 Å². The van der Waals surface area contributed by atoms with Gasteiger partial charge in [0.05, 0.1) is 5.92 Å². The maximum atomic E-state index is 11.9. The van der Waals surface area contributed by atoms with Crippen LogP contribution in [0.25, 0.3) is 0 Å². The zero-order chi connectivity index (χ0) is 17.5. The number of nitrogens with one attached hydrogen (secondary N) is 1. The molecule has 0 atom stereocenters. The summed E-state index contributed by atoms with van der Waals surface area (Å²) in [6.07, 6.45) is 4.95. The normalized spacial score (nSPS) is 14.8. The van der Waals surface area contributed by atoms with Crippen molar-refractivity contribution in [2.75, 3.05) is 26.0 Å². The molecule has 0 aliphatic heterocycles. The minimum atomic E-state index is -0.383. The number of esters is 1. The van der Waals surface area contributed by atoms with Crippen LogP contribution in [0, 0.1) is 5.92 Å². The summed E-state index contributed by atoms with van der Waals surface area (Å²) in [6.45, 7) is -0.284. The molecule has 0 bridgehead atoms. The van der Waals surface area contributed by atoms with Gasteiger partial charge in [-0.15, -0.1) is 0 Å². The number of benzene rings is 1. The summed E-state index contributed by atoms with van der Waals surface area (Å²) in [6, 6.07) is 6.59. The Bertz CT molecular complexity index is 590. The Morgan fingerprint density at radius 3 is 2.29 bits per heavy atom. The van der Waals surface area contributed by atoms with Crippen molar-refractivity contribution in [1.29, 1.82) is 0 Å². The van der Waals surface area contributed by atoms with E-state index in [0.717, 1.165) is 32.1 Å². The molecular formula is C18H24N2O4. The van der Waals surface area contributed by atoms with Crippen molar-refractivity contribution in [2.24, 2.45) is 5.92 Å². The number of hydrogen-bond donors (Lipinski definition) is 1. The monoisotopic (exact) mass is 332 g/mol. The fourth-order valence-electron chi connectivity index (χ4n) is 2.74. The third-order valence-electron chi connectivity index (χ3n) is 4.11. The van der Waals surface area contributed by atoms with Gasteiger partial charge in [-0.05, 0) is 37.1 Å². The molecule has 1 aromatic carbocycles. The zero-order valence-electron chi connectivity index (χ0n) is 14.2. The number of rotatable bonds is 5. The Labute approximate surface area is 142 Å². The van der Waals surface area contributed by atoms with E-state index in [0.29, 0.717) is 11.3 Å². The molecular weight excluding hydrogens is 308 g/mol. The molecule has 130 valence electrons. The highest BCUT2D eigenvalue weighted by Crippen LogP contribution is 2.24. The predicted octanol–water partition coefficient (Wildman–Crippen LogP) is 2.45. The lowest BCUT2D eigenvalue weighted by atomic mass is 9.89. The quantitative estimate of drug-likeness (QED) is 0.840. The maximum absolute atomic E-state index is 11.9. The van der Waals surface area contributed by atoms with Gasteiger partial charge in [0.15, 0.2) is 6.61 Å². The molecule has 0 radical (unpaired) electrons. The Balaban J connectivity index is 1.79. The topological polar surface area (TPSA) is 75.7 Å². The second-order valence-corrected chi connectivity index (χ2v) is 6.27. The van der Waals surface area contributed by atoms with Gasteiger partial charge in [0.1, 0.15) is 0 Å². The van der Waals surface area contributed by atoms with Crippen molar-refractivity contribution in [3.8, 4) is 0 Å². The zero-order valence-corrected chi connectivity index (χ0v) is 14.2. The molecule has 0 unspecified atom stereocenters. The molecule has 0 aromatic heterocycles. The van der Waals surface area contributed by atoms with Crippen LogP contribution < -0.4 is 5.32 Å². The summed E-state index contributed by atoms with van der Waals surface area (Å²) < 4.78 is 5.10. The van der Waals surface area contributed by atoms with E-state index in [1.807, 2.05) is 0 Å². The molecule has 6 heteroatoms. The molecule has 1 aliphatic carbocycles. The maximum Gasteiger partial charge on any atom is 0.309 e. The van der Waals surface area contributed by atoms with E-state index in [1.54, 1.807) is 38.4 Å². The number of anilines is 1. The third-order valence-corrected chi connectivity index (χ3v) is 4.11. The van der Waals surface area contributed by atoms with E-state index in [9.17, 15) is 14.4 Å².